The Balaban J connectivity index is 1.57. The summed E-state index contributed by atoms with van der Waals surface area (Å²) in [7, 11) is 1.70. The van der Waals surface area contributed by atoms with Gasteiger partial charge in [-0.25, -0.2) is 4.98 Å². The molecular formula is C24H19ClF3N5O2. The lowest BCUT2D eigenvalue weighted by Crippen LogP contribution is -2.17. The number of fused-ring (bicyclic) bond motifs is 1. The number of rotatable bonds is 5. The van der Waals surface area contributed by atoms with Crippen LogP contribution in [-0.4, -0.2) is 28.8 Å². The largest absolute Gasteiger partial charge is 0.417 e. The number of pyridine rings is 1. The maximum Gasteiger partial charge on any atom is 0.417 e. The number of H-pyrrole nitrogens is 1. The molecule has 180 valence electrons. The monoisotopic (exact) mass is 501 g/mol. The van der Waals surface area contributed by atoms with Crippen LogP contribution in [-0.2, 0) is 6.18 Å². The molecule has 0 radical (unpaired) electrons. The van der Waals surface area contributed by atoms with Gasteiger partial charge in [-0.3, -0.25) is 9.59 Å². The van der Waals surface area contributed by atoms with Crippen LogP contribution in [0.1, 0.15) is 31.8 Å². The van der Waals surface area contributed by atoms with Gasteiger partial charge in [-0.05, 0) is 48.9 Å². The van der Waals surface area contributed by atoms with Crippen molar-refractivity contribution in [3.05, 3.63) is 82.1 Å². The Morgan fingerprint density at radius 3 is 2.51 bits per heavy atom. The molecule has 0 bridgehead atoms. The highest BCUT2D eigenvalue weighted by Crippen LogP contribution is 2.35. The van der Waals surface area contributed by atoms with Crippen LogP contribution in [0, 0.1) is 6.92 Å². The van der Waals surface area contributed by atoms with E-state index in [2.05, 4.69) is 25.9 Å². The first-order chi connectivity index (χ1) is 16.6. The fourth-order valence-corrected chi connectivity index (χ4v) is 3.79. The highest BCUT2D eigenvalue weighted by Gasteiger charge is 2.33. The topological polar surface area (TPSA) is 98.9 Å². The number of benzene rings is 2. The van der Waals surface area contributed by atoms with Gasteiger partial charge in [0.25, 0.3) is 11.8 Å². The van der Waals surface area contributed by atoms with Crippen LogP contribution in [0.15, 0.2) is 54.9 Å². The third-order valence-electron chi connectivity index (χ3n) is 5.36. The van der Waals surface area contributed by atoms with E-state index in [0.717, 1.165) is 11.5 Å². The van der Waals surface area contributed by atoms with Crippen molar-refractivity contribution in [2.24, 2.45) is 0 Å². The molecule has 0 saturated carbocycles. The van der Waals surface area contributed by atoms with Crippen LogP contribution < -0.4 is 16.0 Å². The summed E-state index contributed by atoms with van der Waals surface area (Å²) in [6, 6.07) is 9.48. The van der Waals surface area contributed by atoms with Crippen LogP contribution in [0.2, 0.25) is 5.02 Å². The van der Waals surface area contributed by atoms with Gasteiger partial charge < -0.3 is 20.9 Å². The predicted molar refractivity (Wildman–Crippen MR) is 129 cm³/mol. The Morgan fingerprint density at radius 2 is 1.80 bits per heavy atom. The maximum absolute atomic E-state index is 13.1. The molecule has 0 atom stereocenters. The number of nitrogens with zero attached hydrogens (tertiary/aromatic N) is 1. The average molecular weight is 502 g/mol. The van der Waals surface area contributed by atoms with Crippen molar-refractivity contribution >= 4 is 51.5 Å². The van der Waals surface area contributed by atoms with Crippen LogP contribution in [0.5, 0.6) is 0 Å². The molecule has 2 heterocycles. The van der Waals surface area contributed by atoms with Gasteiger partial charge in [-0.1, -0.05) is 17.7 Å². The van der Waals surface area contributed by atoms with Gasteiger partial charge in [0.2, 0.25) is 0 Å². The van der Waals surface area contributed by atoms with Crippen molar-refractivity contribution in [2.45, 2.75) is 13.1 Å². The highest BCUT2D eigenvalue weighted by atomic mass is 35.5. The quantitative estimate of drug-likeness (QED) is 0.266. The first-order valence-electron chi connectivity index (χ1n) is 10.3. The van der Waals surface area contributed by atoms with E-state index in [1.54, 1.807) is 38.4 Å². The van der Waals surface area contributed by atoms with Gasteiger partial charge in [0, 0.05) is 41.8 Å². The Bertz CT molecular complexity index is 1450. The van der Waals surface area contributed by atoms with Gasteiger partial charge >= 0.3 is 6.18 Å². The minimum atomic E-state index is -4.70. The molecule has 0 aliphatic carbocycles. The molecule has 0 unspecified atom stereocenters. The second kappa shape index (κ2) is 9.30. The van der Waals surface area contributed by atoms with Crippen LogP contribution in [0.3, 0.4) is 0 Å². The molecule has 0 spiro atoms. The average Bonchev–Trinajstić information content (AvgIpc) is 3.29. The van der Waals surface area contributed by atoms with Crippen molar-refractivity contribution in [2.75, 3.05) is 23.0 Å². The number of alkyl halides is 3. The number of aryl methyl sites for hydroxylation is 1. The van der Waals surface area contributed by atoms with Crippen LogP contribution in [0.4, 0.5) is 30.2 Å². The highest BCUT2D eigenvalue weighted by molar-refractivity contribution is 6.31. The minimum absolute atomic E-state index is 0.211. The second-order valence-electron chi connectivity index (χ2n) is 7.67. The number of halogens is 4. The Morgan fingerprint density at radius 1 is 1.03 bits per heavy atom. The normalized spacial score (nSPS) is 11.4. The zero-order valence-electron chi connectivity index (χ0n) is 18.5. The molecule has 4 rings (SSSR count). The summed E-state index contributed by atoms with van der Waals surface area (Å²) < 4.78 is 39.4. The predicted octanol–water partition coefficient (Wildman–Crippen LogP) is 6.09. The van der Waals surface area contributed by atoms with E-state index >= 15 is 0 Å². The molecular weight excluding hydrogens is 483 g/mol. The summed E-state index contributed by atoms with van der Waals surface area (Å²) in [6.45, 7) is 1.77. The molecule has 0 saturated heterocycles. The van der Waals surface area contributed by atoms with Crippen molar-refractivity contribution in [3.8, 4) is 0 Å². The van der Waals surface area contributed by atoms with Gasteiger partial charge in [-0.2, -0.15) is 13.2 Å². The molecule has 4 aromatic rings. The Labute approximate surface area is 202 Å². The first-order valence-corrected chi connectivity index (χ1v) is 10.7. The molecule has 2 aromatic carbocycles. The zero-order valence-corrected chi connectivity index (χ0v) is 19.2. The molecule has 0 aliphatic heterocycles. The van der Waals surface area contributed by atoms with E-state index in [1.807, 2.05) is 0 Å². The zero-order chi connectivity index (χ0) is 25.3. The number of hydrogen-bond acceptors (Lipinski definition) is 4. The Kier molecular flexibility index (Phi) is 6.40. The number of amides is 2. The van der Waals surface area contributed by atoms with Crippen molar-refractivity contribution in [1.82, 2.24) is 9.97 Å². The summed E-state index contributed by atoms with van der Waals surface area (Å²) in [4.78, 5) is 32.9. The number of carbonyl (C=O) groups is 2. The fourth-order valence-electron chi connectivity index (χ4n) is 3.56. The van der Waals surface area contributed by atoms with Gasteiger partial charge in [0.15, 0.2) is 0 Å². The molecule has 35 heavy (non-hydrogen) atoms. The lowest BCUT2D eigenvalue weighted by molar-refractivity contribution is -0.137. The van der Waals surface area contributed by atoms with E-state index in [0.29, 0.717) is 34.2 Å². The van der Waals surface area contributed by atoms with Gasteiger partial charge in [0.05, 0.1) is 21.8 Å². The van der Waals surface area contributed by atoms with E-state index in [1.165, 1.54) is 18.3 Å². The summed E-state index contributed by atoms with van der Waals surface area (Å²) in [5, 5.41) is 8.62. The summed E-state index contributed by atoms with van der Waals surface area (Å²) in [5.41, 5.74) is 1.64. The standard InChI is InChI=1S/C24H19ClF3N5O2/c1-12-3-5-14(32-22(34)13-4-6-18(25)17(9-13)24(26,27)28)10-19(12)33-23(35)16-11-31-21-15(7-8-30-21)20(16)29-2/h3-11H,1-2H3,(H,32,34)(H,33,35)(H2,29,30,31). The molecule has 4 N–H and O–H groups in total. The molecule has 2 amide bonds. The second-order valence-corrected chi connectivity index (χ2v) is 8.07. The number of carbonyl (C=O) groups excluding carboxylic acids is 2. The number of hydrogen-bond donors (Lipinski definition) is 4. The number of nitrogens with one attached hydrogen (secondary N) is 4. The van der Waals surface area contributed by atoms with Gasteiger partial charge in [-0.15, -0.1) is 0 Å². The summed E-state index contributed by atoms with van der Waals surface area (Å²) in [5.74, 6) is -1.18. The first kappa shape index (κ1) is 24.1. The third kappa shape index (κ3) is 4.92. The lowest BCUT2D eigenvalue weighted by atomic mass is 10.1. The summed E-state index contributed by atoms with van der Waals surface area (Å²) >= 11 is 5.63. The summed E-state index contributed by atoms with van der Waals surface area (Å²) in [6.07, 6.45) is -1.53. The number of aromatic nitrogens is 2. The number of anilines is 3. The number of aromatic amines is 1. The molecule has 2 aromatic heterocycles. The molecule has 11 heteroatoms. The lowest BCUT2D eigenvalue weighted by Gasteiger charge is -2.14. The van der Waals surface area contributed by atoms with Crippen molar-refractivity contribution in [3.63, 3.8) is 0 Å². The molecule has 7 nitrogen and oxygen atoms in total. The van der Waals surface area contributed by atoms with Crippen molar-refractivity contribution in [1.29, 1.82) is 0 Å². The molecule has 0 aliphatic rings. The van der Waals surface area contributed by atoms with E-state index in [4.69, 9.17) is 11.6 Å². The Hall–Kier alpha value is -4.05. The SMILES string of the molecule is CNc1c(C(=O)Nc2cc(NC(=O)c3ccc(Cl)c(C(F)(F)F)c3)ccc2C)cnc2[nH]ccc12. The van der Waals surface area contributed by atoms with Crippen LogP contribution in [0.25, 0.3) is 11.0 Å². The third-order valence-corrected chi connectivity index (χ3v) is 5.69. The fraction of sp³-hybridized carbons (Fsp3) is 0.125. The van der Waals surface area contributed by atoms with E-state index in [-0.39, 0.29) is 11.3 Å². The maximum atomic E-state index is 13.1. The van der Waals surface area contributed by atoms with E-state index in [9.17, 15) is 22.8 Å². The minimum Gasteiger partial charge on any atom is -0.387 e. The smallest absolute Gasteiger partial charge is 0.387 e. The van der Waals surface area contributed by atoms with E-state index < -0.39 is 28.6 Å². The van der Waals surface area contributed by atoms with Crippen LogP contribution >= 0.6 is 11.6 Å². The van der Waals surface area contributed by atoms with Crippen molar-refractivity contribution < 1.29 is 22.8 Å². The molecule has 0 fully saturated rings. The van der Waals surface area contributed by atoms with Gasteiger partial charge in [0.1, 0.15) is 5.65 Å².